The zero-order valence-corrected chi connectivity index (χ0v) is 17.6. The zero-order valence-electron chi connectivity index (χ0n) is 16.7. The van der Waals surface area contributed by atoms with E-state index in [0.717, 1.165) is 32.9 Å². The molecule has 0 aliphatic heterocycles. The Labute approximate surface area is 147 Å². The van der Waals surface area contributed by atoms with Gasteiger partial charge in [-0.05, 0) is 63.8 Å². The van der Waals surface area contributed by atoms with Gasteiger partial charge in [0.1, 0.15) is 7.14 Å². The highest BCUT2D eigenvalue weighted by Crippen LogP contribution is 2.58. The standard InChI is InChI=1S/C22H31OP/c1-14-10-16(3)20(17(4)11-14)24(23,22(7,8)9)21-18(5)12-15(2)13-19(21)6/h10-13H,1-9H3. The average molecular weight is 342 g/mol. The first-order chi connectivity index (χ1) is 10.9. The van der Waals surface area contributed by atoms with E-state index in [1.165, 1.54) is 11.1 Å². The van der Waals surface area contributed by atoms with Gasteiger partial charge in [0.05, 0.1) is 0 Å². The van der Waals surface area contributed by atoms with E-state index in [1.54, 1.807) is 0 Å². The van der Waals surface area contributed by atoms with Crippen molar-refractivity contribution < 1.29 is 4.57 Å². The minimum Gasteiger partial charge on any atom is -0.313 e. The van der Waals surface area contributed by atoms with Gasteiger partial charge in [0.25, 0.3) is 0 Å². The van der Waals surface area contributed by atoms with Gasteiger partial charge in [0.15, 0.2) is 0 Å². The first-order valence-electron chi connectivity index (χ1n) is 8.66. The van der Waals surface area contributed by atoms with Gasteiger partial charge in [-0.15, -0.1) is 0 Å². The summed E-state index contributed by atoms with van der Waals surface area (Å²) in [4.78, 5) is 0. The monoisotopic (exact) mass is 342 g/mol. The molecule has 0 bridgehead atoms. The molecule has 130 valence electrons. The molecule has 2 heteroatoms. The summed E-state index contributed by atoms with van der Waals surface area (Å²) in [5, 5.41) is 1.77. The largest absolute Gasteiger partial charge is 0.313 e. The predicted molar refractivity (Wildman–Crippen MR) is 108 cm³/mol. The Morgan fingerprint density at radius 2 is 0.875 bits per heavy atom. The third-order valence-electron chi connectivity index (χ3n) is 4.85. The molecule has 0 unspecified atom stereocenters. The minimum atomic E-state index is -2.80. The molecular weight excluding hydrogens is 311 g/mol. The minimum absolute atomic E-state index is 0.331. The van der Waals surface area contributed by atoms with Crippen molar-refractivity contribution in [3.63, 3.8) is 0 Å². The fourth-order valence-corrected chi connectivity index (χ4v) is 7.93. The molecule has 0 N–H and O–H groups in total. The van der Waals surface area contributed by atoms with Gasteiger partial charge in [-0.2, -0.15) is 0 Å². The quantitative estimate of drug-likeness (QED) is 0.645. The summed E-state index contributed by atoms with van der Waals surface area (Å²) in [6.45, 7) is 19.0. The molecule has 2 aromatic carbocycles. The van der Waals surface area contributed by atoms with E-state index < -0.39 is 7.14 Å². The van der Waals surface area contributed by atoms with E-state index in [2.05, 4.69) is 86.6 Å². The topological polar surface area (TPSA) is 17.1 Å². The molecule has 0 saturated heterocycles. The Bertz CT molecular complexity index is 730. The van der Waals surface area contributed by atoms with Crippen LogP contribution in [0.2, 0.25) is 0 Å². The second-order valence-electron chi connectivity index (χ2n) is 8.27. The lowest BCUT2D eigenvalue weighted by atomic mass is 10.1. The maximum atomic E-state index is 14.7. The van der Waals surface area contributed by atoms with Crippen molar-refractivity contribution in [1.82, 2.24) is 0 Å². The number of aryl methyl sites for hydroxylation is 6. The van der Waals surface area contributed by atoms with Crippen LogP contribution in [0, 0.1) is 41.5 Å². The van der Waals surface area contributed by atoms with Crippen LogP contribution in [-0.4, -0.2) is 5.16 Å². The van der Waals surface area contributed by atoms with Crippen LogP contribution in [0.4, 0.5) is 0 Å². The van der Waals surface area contributed by atoms with Crippen LogP contribution in [0.3, 0.4) is 0 Å². The van der Waals surface area contributed by atoms with Gasteiger partial charge < -0.3 is 4.57 Å². The molecule has 0 aromatic heterocycles. The molecule has 0 radical (unpaired) electrons. The molecule has 2 rings (SSSR count). The van der Waals surface area contributed by atoms with E-state index in [4.69, 9.17) is 0 Å². The maximum absolute atomic E-state index is 14.7. The predicted octanol–water partition coefficient (Wildman–Crippen LogP) is 5.65. The van der Waals surface area contributed by atoms with Crippen molar-refractivity contribution in [2.45, 2.75) is 67.5 Å². The molecule has 0 aliphatic carbocycles. The summed E-state index contributed by atoms with van der Waals surface area (Å²) in [7, 11) is -2.80. The molecule has 0 amide bonds. The number of rotatable bonds is 2. The normalized spacial score (nSPS) is 12.5. The summed E-state index contributed by atoms with van der Waals surface area (Å²) < 4.78 is 14.7. The first kappa shape index (κ1) is 19.0. The SMILES string of the molecule is Cc1cc(C)c(P(=O)(c2c(C)cc(C)cc2C)C(C)(C)C)c(C)c1. The van der Waals surface area contributed by atoms with Gasteiger partial charge in [0.2, 0.25) is 0 Å². The molecule has 0 atom stereocenters. The summed E-state index contributed by atoms with van der Waals surface area (Å²) in [6.07, 6.45) is 0. The van der Waals surface area contributed by atoms with Gasteiger partial charge in [-0.25, -0.2) is 0 Å². The van der Waals surface area contributed by atoms with Crippen LogP contribution in [0.5, 0.6) is 0 Å². The average Bonchev–Trinajstić information content (AvgIpc) is 2.34. The van der Waals surface area contributed by atoms with Crippen molar-refractivity contribution in [2.75, 3.05) is 0 Å². The van der Waals surface area contributed by atoms with Crippen LogP contribution in [-0.2, 0) is 4.57 Å². The first-order valence-corrected chi connectivity index (χ1v) is 10.4. The highest BCUT2D eigenvalue weighted by atomic mass is 31.2. The second kappa shape index (κ2) is 6.19. The van der Waals surface area contributed by atoms with Crippen molar-refractivity contribution in [2.24, 2.45) is 0 Å². The van der Waals surface area contributed by atoms with E-state index in [9.17, 15) is 4.57 Å². The lowest BCUT2D eigenvalue weighted by Gasteiger charge is -2.36. The van der Waals surface area contributed by atoms with E-state index in [1.807, 2.05) is 0 Å². The summed E-state index contributed by atoms with van der Waals surface area (Å²) in [6, 6.07) is 8.66. The van der Waals surface area contributed by atoms with Crippen LogP contribution >= 0.6 is 7.14 Å². The van der Waals surface area contributed by atoms with Crippen LogP contribution in [0.1, 0.15) is 54.2 Å². The third kappa shape index (κ3) is 3.00. The van der Waals surface area contributed by atoms with Crippen molar-refractivity contribution in [1.29, 1.82) is 0 Å². The zero-order chi connectivity index (χ0) is 18.4. The molecule has 0 fully saturated rings. The molecule has 0 saturated carbocycles. The van der Waals surface area contributed by atoms with E-state index in [-0.39, 0.29) is 5.16 Å². The van der Waals surface area contributed by atoms with Crippen molar-refractivity contribution in [3.8, 4) is 0 Å². The fraction of sp³-hybridized carbons (Fsp3) is 0.455. The van der Waals surface area contributed by atoms with E-state index >= 15 is 0 Å². The number of hydrogen-bond acceptors (Lipinski definition) is 1. The van der Waals surface area contributed by atoms with Gasteiger partial charge in [-0.3, -0.25) is 0 Å². The Balaban J connectivity index is 2.99. The molecule has 2 aromatic rings. The van der Waals surface area contributed by atoms with Crippen LogP contribution < -0.4 is 10.6 Å². The fourth-order valence-electron chi connectivity index (χ4n) is 4.12. The highest BCUT2D eigenvalue weighted by molar-refractivity contribution is 7.80. The van der Waals surface area contributed by atoms with Crippen molar-refractivity contribution >= 4 is 17.8 Å². The molecule has 0 spiro atoms. The van der Waals surface area contributed by atoms with E-state index in [0.29, 0.717) is 0 Å². The number of hydrogen-bond donors (Lipinski definition) is 0. The molecule has 0 heterocycles. The molecular formula is C22H31OP. The molecule has 0 aliphatic rings. The summed E-state index contributed by atoms with van der Waals surface area (Å²) in [5.74, 6) is 0. The van der Waals surface area contributed by atoms with Gasteiger partial charge in [-0.1, -0.05) is 56.2 Å². The lowest BCUT2D eigenvalue weighted by molar-refractivity contribution is 0.563. The van der Waals surface area contributed by atoms with Crippen LogP contribution in [0.15, 0.2) is 24.3 Å². The van der Waals surface area contributed by atoms with Crippen LogP contribution in [0.25, 0.3) is 0 Å². The van der Waals surface area contributed by atoms with Crippen molar-refractivity contribution in [3.05, 3.63) is 57.6 Å². The number of benzene rings is 2. The Morgan fingerprint density at radius 3 is 1.08 bits per heavy atom. The summed E-state index contributed by atoms with van der Waals surface area (Å²) in [5.41, 5.74) is 7.03. The Kier molecular flexibility index (Phi) is 4.90. The lowest BCUT2D eigenvalue weighted by Crippen LogP contribution is -2.35. The smallest absolute Gasteiger partial charge is 0.149 e. The molecule has 1 nitrogen and oxygen atoms in total. The maximum Gasteiger partial charge on any atom is 0.149 e. The second-order valence-corrected chi connectivity index (χ2v) is 11.7. The Hall–Kier alpha value is -1.33. The third-order valence-corrected chi connectivity index (χ3v) is 9.41. The Morgan fingerprint density at radius 1 is 0.625 bits per heavy atom. The summed E-state index contributed by atoms with van der Waals surface area (Å²) >= 11 is 0. The molecule has 24 heavy (non-hydrogen) atoms. The highest BCUT2D eigenvalue weighted by Gasteiger charge is 2.43. The van der Waals surface area contributed by atoms with Gasteiger partial charge in [0, 0.05) is 15.8 Å². The van der Waals surface area contributed by atoms with Gasteiger partial charge >= 0.3 is 0 Å².